The first-order valence-corrected chi connectivity index (χ1v) is 8.42. The number of carbonyl (C=O) groups is 2. The van der Waals surface area contributed by atoms with Crippen molar-refractivity contribution in [2.24, 2.45) is 5.92 Å². The van der Waals surface area contributed by atoms with Gasteiger partial charge in [-0.05, 0) is 36.5 Å². The zero-order valence-electron chi connectivity index (χ0n) is 13.9. The van der Waals surface area contributed by atoms with Crippen LogP contribution in [0.4, 0.5) is 0 Å². The molecular formula is C18H26N2O3. The third-order valence-corrected chi connectivity index (χ3v) is 4.48. The number of rotatable bonds is 7. The molecule has 1 saturated carbocycles. The lowest BCUT2D eigenvalue weighted by molar-refractivity contribution is -0.142. The second-order valence-corrected chi connectivity index (χ2v) is 6.21. The highest BCUT2D eigenvalue weighted by Crippen LogP contribution is 2.27. The highest BCUT2D eigenvalue weighted by Gasteiger charge is 2.22. The summed E-state index contributed by atoms with van der Waals surface area (Å²) in [5.74, 6) is 0.349. The molecule has 126 valence electrons. The van der Waals surface area contributed by atoms with Crippen molar-refractivity contribution in [1.29, 1.82) is 0 Å². The van der Waals surface area contributed by atoms with E-state index in [9.17, 15) is 9.59 Å². The second-order valence-electron chi connectivity index (χ2n) is 6.21. The van der Waals surface area contributed by atoms with Crippen LogP contribution < -0.4 is 0 Å². The van der Waals surface area contributed by atoms with Gasteiger partial charge in [0.25, 0.3) is 0 Å². The first-order chi connectivity index (χ1) is 11.2. The Bertz CT molecular complexity index is 498. The number of methoxy groups -OCH3 is 1. The zero-order valence-corrected chi connectivity index (χ0v) is 13.9. The number of hydrogen-bond donors (Lipinski definition) is 0. The summed E-state index contributed by atoms with van der Waals surface area (Å²) >= 11 is 0. The summed E-state index contributed by atoms with van der Waals surface area (Å²) < 4.78 is 4.69. The summed E-state index contributed by atoms with van der Waals surface area (Å²) in [4.78, 5) is 29.9. The summed E-state index contributed by atoms with van der Waals surface area (Å²) in [5.41, 5.74) is 1.03. The van der Waals surface area contributed by atoms with E-state index in [1.165, 1.54) is 26.4 Å². The first kappa shape index (κ1) is 17.4. The lowest BCUT2D eigenvalue weighted by atomic mass is 9.86. The molecule has 0 saturated heterocycles. The molecule has 2 rings (SSSR count). The minimum Gasteiger partial charge on any atom is -0.469 e. The Hall–Kier alpha value is -1.91. The van der Waals surface area contributed by atoms with Gasteiger partial charge in [-0.1, -0.05) is 19.3 Å². The largest absolute Gasteiger partial charge is 0.469 e. The van der Waals surface area contributed by atoms with Crippen LogP contribution in [0.5, 0.6) is 0 Å². The van der Waals surface area contributed by atoms with Gasteiger partial charge in [-0.3, -0.25) is 14.6 Å². The summed E-state index contributed by atoms with van der Waals surface area (Å²) in [6, 6.07) is 3.80. The van der Waals surface area contributed by atoms with Crippen molar-refractivity contribution < 1.29 is 14.3 Å². The molecule has 0 aromatic carbocycles. The van der Waals surface area contributed by atoms with Crippen LogP contribution in [0.15, 0.2) is 24.5 Å². The van der Waals surface area contributed by atoms with E-state index >= 15 is 0 Å². The molecule has 0 aliphatic heterocycles. The van der Waals surface area contributed by atoms with Crippen LogP contribution >= 0.6 is 0 Å². The first-order valence-electron chi connectivity index (χ1n) is 8.42. The van der Waals surface area contributed by atoms with Gasteiger partial charge in [0.1, 0.15) is 0 Å². The molecule has 0 spiro atoms. The van der Waals surface area contributed by atoms with Crippen LogP contribution in [-0.4, -0.2) is 35.4 Å². The molecule has 0 N–H and O–H groups in total. The SMILES string of the molecule is COC(=O)CCN(Cc1ccncc1)C(=O)CC1CCCCC1. The number of esters is 1. The third-order valence-electron chi connectivity index (χ3n) is 4.48. The predicted octanol–water partition coefficient (Wildman–Crippen LogP) is 2.94. The summed E-state index contributed by atoms with van der Waals surface area (Å²) in [5, 5.41) is 0. The lowest BCUT2D eigenvalue weighted by Crippen LogP contribution is -2.34. The molecule has 1 aliphatic carbocycles. The van der Waals surface area contributed by atoms with E-state index in [2.05, 4.69) is 4.98 Å². The maximum absolute atomic E-state index is 12.7. The highest BCUT2D eigenvalue weighted by atomic mass is 16.5. The Morgan fingerprint density at radius 2 is 1.91 bits per heavy atom. The minimum atomic E-state index is -0.282. The Labute approximate surface area is 138 Å². The topological polar surface area (TPSA) is 59.5 Å². The van der Waals surface area contributed by atoms with Crippen molar-refractivity contribution in [3.05, 3.63) is 30.1 Å². The van der Waals surface area contributed by atoms with Crippen molar-refractivity contribution in [1.82, 2.24) is 9.88 Å². The quantitative estimate of drug-likeness (QED) is 0.725. The van der Waals surface area contributed by atoms with E-state index in [1.807, 2.05) is 12.1 Å². The van der Waals surface area contributed by atoms with Crippen molar-refractivity contribution in [3.63, 3.8) is 0 Å². The molecule has 0 radical (unpaired) electrons. The van der Waals surface area contributed by atoms with E-state index in [0.717, 1.165) is 18.4 Å². The van der Waals surface area contributed by atoms with Gasteiger partial charge in [0, 0.05) is 31.9 Å². The molecule has 5 heteroatoms. The number of amides is 1. The molecule has 5 nitrogen and oxygen atoms in total. The van der Waals surface area contributed by atoms with Gasteiger partial charge in [-0.15, -0.1) is 0 Å². The highest BCUT2D eigenvalue weighted by molar-refractivity contribution is 5.77. The Balaban J connectivity index is 1.95. The summed E-state index contributed by atoms with van der Waals surface area (Å²) in [7, 11) is 1.37. The number of aromatic nitrogens is 1. The molecule has 0 bridgehead atoms. The number of hydrogen-bond acceptors (Lipinski definition) is 4. The molecule has 1 aliphatic rings. The molecular weight excluding hydrogens is 292 g/mol. The fourth-order valence-corrected chi connectivity index (χ4v) is 3.10. The summed E-state index contributed by atoms with van der Waals surface area (Å²) in [6.07, 6.45) is 10.3. The standard InChI is InChI=1S/C18H26N2O3/c1-23-18(22)9-12-20(14-16-7-10-19-11-8-16)17(21)13-15-5-3-2-4-6-15/h7-8,10-11,15H,2-6,9,12-14H2,1H3. The van der Waals surface area contributed by atoms with Gasteiger partial charge >= 0.3 is 5.97 Å². The number of nitrogens with zero attached hydrogens (tertiary/aromatic N) is 2. The van der Waals surface area contributed by atoms with Crippen LogP contribution in [0.2, 0.25) is 0 Å². The predicted molar refractivity (Wildman–Crippen MR) is 87.5 cm³/mol. The zero-order chi connectivity index (χ0) is 16.5. The maximum atomic E-state index is 12.7. The molecule has 1 aromatic rings. The molecule has 0 unspecified atom stereocenters. The Morgan fingerprint density at radius 3 is 2.57 bits per heavy atom. The van der Waals surface area contributed by atoms with Crippen LogP contribution in [0.25, 0.3) is 0 Å². The van der Waals surface area contributed by atoms with Gasteiger partial charge in [0.15, 0.2) is 0 Å². The van der Waals surface area contributed by atoms with E-state index in [1.54, 1.807) is 17.3 Å². The van der Waals surface area contributed by atoms with Gasteiger partial charge in [-0.2, -0.15) is 0 Å². The molecule has 23 heavy (non-hydrogen) atoms. The lowest BCUT2D eigenvalue weighted by Gasteiger charge is -2.27. The molecule has 0 atom stereocenters. The fraction of sp³-hybridized carbons (Fsp3) is 0.611. The van der Waals surface area contributed by atoms with E-state index in [0.29, 0.717) is 25.4 Å². The Morgan fingerprint density at radius 1 is 1.22 bits per heavy atom. The molecule has 1 aromatic heterocycles. The smallest absolute Gasteiger partial charge is 0.307 e. The third kappa shape index (κ3) is 6.00. The minimum absolute atomic E-state index is 0.137. The monoisotopic (exact) mass is 318 g/mol. The second kappa shape index (κ2) is 9.28. The van der Waals surface area contributed by atoms with E-state index in [-0.39, 0.29) is 18.3 Å². The van der Waals surface area contributed by atoms with E-state index in [4.69, 9.17) is 4.74 Å². The average molecular weight is 318 g/mol. The van der Waals surface area contributed by atoms with Crippen molar-refractivity contribution in [3.8, 4) is 0 Å². The molecule has 1 heterocycles. The number of ether oxygens (including phenoxy) is 1. The van der Waals surface area contributed by atoms with Crippen LogP contribution in [-0.2, 0) is 20.9 Å². The van der Waals surface area contributed by atoms with Gasteiger partial charge in [0.05, 0.1) is 13.5 Å². The van der Waals surface area contributed by atoms with Crippen LogP contribution in [0.1, 0.15) is 50.5 Å². The fourth-order valence-electron chi connectivity index (χ4n) is 3.10. The van der Waals surface area contributed by atoms with E-state index < -0.39 is 0 Å². The maximum Gasteiger partial charge on any atom is 0.307 e. The Kier molecular flexibility index (Phi) is 7.04. The van der Waals surface area contributed by atoms with Gasteiger partial charge in [-0.25, -0.2) is 0 Å². The summed E-state index contributed by atoms with van der Waals surface area (Å²) in [6.45, 7) is 0.922. The van der Waals surface area contributed by atoms with Crippen molar-refractivity contribution in [2.75, 3.05) is 13.7 Å². The normalized spacial score (nSPS) is 15.2. The van der Waals surface area contributed by atoms with Gasteiger partial charge < -0.3 is 9.64 Å². The van der Waals surface area contributed by atoms with Crippen molar-refractivity contribution >= 4 is 11.9 Å². The van der Waals surface area contributed by atoms with Gasteiger partial charge in [0.2, 0.25) is 5.91 Å². The van der Waals surface area contributed by atoms with Crippen molar-refractivity contribution in [2.45, 2.75) is 51.5 Å². The number of carbonyl (C=O) groups excluding carboxylic acids is 2. The molecule has 1 amide bonds. The van der Waals surface area contributed by atoms with Crippen LogP contribution in [0, 0.1) is 5.92 Å². The molecule has 1 fully saturated rings. The number of pyridine rings is 1. The average Bonchev–Trinajstić information content (AvgIpc) is 2.60. The van der Waals surface area contributed by atoms with Crippen LogP contribution in [0.3, 0.4) is 0 Å².